The van der Waals surface area contributed by atoms with Crippen molar-refractivity contribution in [3.05, 3.63) is 34.9 Å². The molecule has 3 nitrogen and oxygen atoms in total. The summed E-state index contributed by atoms with van der Waals surface area (Å²) in [7, 11) is 2.14. The number of hydrogen-bond donors (Lipinski definition) is 1. The molecule has 4 heteroatoms. The van der Waals surface area contributed by atoms with E-state index in [1.807, 2.05) is 12.1 Å². The van der Waals surface area contributed by atoms with Crippen LogP contribution in [0, 0.1) is 0 Å². The van der Waals surface area contributed by atoms with Crippen LogP contribution in [-0.4, -0.2) is 32.2 Å². The van der Waals surface area contributed by atoms with Gasteiger partial charge < -0.3 is 9.64 Å². The standard InChI is InChI=1S/C14H18ClNO2/c1-16-8-2-3-13(10-16)18-14(17)9-11-4-6-12(15)7-5-11/h4-7,13H,2-3,8-10H2,1H3/p+1/t13-/m0/s1. The molecule has 0 spiro atoms. The van der Waals surface area contributed by atoms with Gasteiger partial charge in [-0.3, -0.25) is 4.79 Å². The van der Waals surface area contributed by atoms with Crippen molar-refractivity contribution in [2.45, 2.75) is 25.4 Å². The van der Waals surface area contributed by atoms with E-state index >= 15 is 0 Å². The third-order valence-electron chi connectivity index (χ3n) is 3.27. The molecule has 0 amide bonds. The van der Waals surface area contributed by atoms with Gasteiger partial charge >= 0.3 is 5.97 Å². The molecule has 0 radical (unpaired) electrons. The molecule has 1 aromatic rings. The van der Waals surface area contributed by atoms with Crippen molar-refractivity contribution in [3.63, 3.8) is 0 Å². The molecule has 1 heterocycles. The van der Waals surface area contributed by atoms with Crippen LogP contribution in [0.1, 0.15) is 18.4 Å². The van der Waals surface area contributed by atoms with Gasteiger partial charge in [-0.1, -0.05) is 23.7 Å². The topological polar surface area (TPSA) is 30.7 Å². The largest absolute Gasteiger partial charge is 0.456 e. The molecule has 2 atom stereocenters. The average Bonchev–Trinajstić information content (AvgIpc) is 2.32. The Balaban J connectivity index is 1.83. The summed E-state index contributed by atoms with van der Waals surface area (Å²) < 4.78 is 5.50. The van der Waals surface area contributed by atoms with Crippen molar-refractivity contribution in [1.29, 1.82) is 0 Å². The van der Waals surface area contributed by atoms with E-state index in [1.165, 1.54) is 11.4 Å². The monoisotopic (exact) mass is 268 g/mol. The molecule has 0 saturated carbocycles. The Labute approximate surface area is 113 Å². The molecule has 1 N–H and O–H groups in total. The number of ether oxygens (including phenoxy) is 1. The van der Waals surface area contributed by atoms with Crippen molar-refractivity contribution < 1.29 is 14.4 Å². The van der Waals surface area contributed by atoms with Gasteiger partial charge in [-0.25, -0.2) is 0 Å². The first-order chi connectivity index (χ1) is 8.63. The number of likely N-dealkylation sites (tertiary alicyclic amines) is 1. The number of quaternary nitrogens is 1. The van der Waals surface area contributed by atoms with E-state index in [1.54, 1.807) is 12.1 Å². The lowest BCUT2D eigenvalue weighted by molar-refractivity contribution is -0.888. The van der Waals surface area contributed by atoms with Crippen LogP contribution >= 0.6 is 11.6 Å². The van der Waals surface area contributed by atoms with Crippen LogP contribution in [0.2, 0.25) is 5.02 Å². The highest BCUT2D eigenvalue weighted by Gasteiger charge is 2.23. The molecule has 0 aliphatic carbocycles. The van der Waals surface area contributed by atoms with Crippen molar-refractivity contribution in [2.24, 2.45) is 0 Å². The van der Waals surface area contributed by atoms with Gasteiger partial charge in [-0.15, -0.1) is 0 Å². The smallest absolute Gasteiger partial charge is 0.310 e. The average molecular weight is 269 g/mol. The quantitative estimate of drug-likeness (QED) is 0.833. The van der Waals surface area contributed by atoms with Crippen LogP contribution < -0.4 is 4.90 Å². The second-order valence-corrected chi connectivity index (χ2v) is 5.41. The first kappa shape index (κ1) is 13.4. The first-order valence-corrected chi connectivity index (χ1v) is 6.76. The summed E-state index contributed by atoms with van der Waals surface area (Å²) in [5.74, 6) is -0.142. The molecule has 18 heavy (non-hydrogen) atoms. The predicted octanol–water partition coefficient (Wildman–Crippen LogP) is 1.10. The SMILES string of the molecule is C[NH+]1CCC[C@H](OC(=O)Cc2ccc(Cl)cc2)C1. The van der Waals surface area contributed by atoms with Gasteiger partial charge in [-0.2, -0.15) is 0 Å². The third kappa shape index (κ3) is 4.00. The van der Waals surface area contributed by atoms with E-state index in [0.29, 0.717) is 11.4 Å². The Bertz CT molecular complexity index is 405. The molecule has 0 bridgehead atoms. The van der Waals surface area contributed by atoms with Gasteiger partial charge in [0.05, 0.1) is 20.0 Å². The number of halogens is 1. The summed E-state index contributed by atoms with van der Waals surface area (Å²) in [4.78, 5) is 13.2. The fraction of sp³-hybridized carbons (Fsp3) is 0.500. The summed E-state index contributed by atoms with van der Waals surface area (Å²) in [5.41, 5.74) is 0.945. The highest BCUT2D eigenvalue weighted by molar-refractivity contribution is 6.30. The minimum absolute atomic E-state index is 0.0820. The normalized spacial score (nSPS) is 23.7. The van der Waals surface area contributed by atoms with Crippen molar-refractivity contribution >= 4 is 17.6 Å². The molecule has 1 aromatic carbocycles. The first-order valence-electron chi connectivity index (χ1n) is 6.39. The zero-order valence-corrected chi connectivity index (χ0v) is 11.4. The maximum Gasteiger partial charge on any atom is 0.310 e. The molecule has 1 aliphatic heterocycles. The van der Waals surface area contributed by atoms with Crippen molar-refractivity contribution in [3.8, 4) is 0 Å². The minimum atomic E-state index is -0.142. The molecule has 0 aromatic heterocycles. The second kappa shape index (κ2) is 6.21. The highest BCUT2D eigenvalue weighted by atomic mass is 35.5. The second-order valence-electron chi connectivity index (χ2n) is 4.97. The molecule has 1 saturated heterocycles. The molecule has 1 aliphatic rings. The zero-order chi connectivity index (χ0) is 13.0. The minimum Gasteiger partial charge on any atom is -0.456 e. The summed E-state index contributed by atoms with van der Waals surface area (Å²) >= 11 is 5.80. The van der Waals surface area contributed by atoms with Crippen LogP contribution in [-0.2, 0) is 16.0 Å². The lowest BCUT2D eigenvalue weighted by atomic mass is 10.1. The molecular weight excluding hydrogens is 250 g/mol. The van der Waals surface area contributed by atoms with Crippen molar-refractivity contribution in [2.75, 3.05) is 20.1 Å². The fourth-order valence-electron chi connectivity index (χ4n) is 2.32. The third-order valence-corrected chi connectivity index (χ3v) is 3.52. The van der Waals surface area contributed by atoms with Gasteiger partial charge in [0.25, 0.3) is 0 Å². The number of carbonyl (C=O) groups excluding carboxylic acids is 1. The molecule has 1 unspecified atom stereocenters. The number of hydrogen-bond acceptors (Lipinski definition) is 2. The summed E-state index contributed by atoms with van der Waals surface area (Å²) in [6.45, 7) is 2.09. The Morgan fingerprint density at radius 3 is 2.83 bits per heavy atom. The van der Waals surface area contributed by atoms with E-state index < -0.39 is 0 Å². The number of esters is 1. The van der Waals surface area contributed by atoms with Gasteiger partial charge in [0.1, 0.15) is 6.54 Å². The van der Waals surface area contributed by atoms with E-state index in [9.17, 15) is 4.79 Å². The maximum atomic E-state index is 11.8. The molecule has 98 valence electrons. The number of rotatable bonds is 3. The molecule has 2 rings (SSSR count). The number of benzene rings is 1. The van der Waals surface area contributed by atoms with Gasteiger partial charge in [0, 0.05) is 11.4 Å². The Hall–Kier alpha value is -1.06. The van der Waals surface area contributed by atoms with Crippen molar-refractivity contribution in [1.82, 2.24) is 0 Å². The Kier molecular flexibility index (Phi) is 4.61. The summed E-state index contributed by atoms with van der Waals surface area (Å²) in [6.07, 6.45) is 2.53. The summed E-state index contributed by atoms with van der Waals surface area (Å²) in [6, 6.07) is 7.31. The molecule has 1 fully saturated rings. The highest BCUT2D eigenvalue weighted by Crippen LogP contribution is 2.11. The zero-order valence-electron chi connectivity index (χ0n) is 10.6. The van der Waals surface area contributed by atoms with Crippen LogP contribution in [0.25, 0.3) is 0 Å². The van der Waals surface area contributed by atoms with E-state index in [0.717, 1.165) is 24.9 Å². The molecular formula is C14H19ClNO2+. The van der Waals surface area contributed by atoms with E-state index in [2.05, 4.69) is 7.05 Å². The number of piperidine rings is 1. The summed E-state index contributed by atoms with van der Waals surface area (Å²) in [5, 5.41) is 0.685. The fourth-order valence-corrected chi connectivity index (χ4v) is 2.45. The van der Waals surface area contributed by atoms with Gasteiger partial charge in [0.15, 0.2) is 6.10 Å². The van der Waals surface area contributed by atoms with E-state index in [-0.39, 0.29) is 12.1 Å². The van der Waals surface area contributed by atoms with Crippen LogP contribution in [0.5, 0.6) is 0 Å². The van der Waals surface area contributed by atoms with E-state index in [4.69, 9.17) is 16.3 Å². The maximum absolute atomic E-state index is 11.8. The predicted molar refractivity (Wildman–Crippen MR) is 70.9 cm³/mol. The van der Waals surface area contributed by atoms with Crippen LogP contribution in [0.4, 0.5) is 0 Å². The number of likely N-dealkylation sites (N-methyl/N-ethyl adjacent to an activating group) is 1. The van der Waals surface area contributed by atoms with Gasteiger partial charge in [0.2, 0.25) is 0 Å². The number of nitrogens with one attached hydrogen (secondary N) is 1. The Morgan fingerprint density at radius 1 is 1.44 bits per heavy atom. The Morgan fingerprint density at radius 2 is 2.17 bits per heavy atom. The van der Waals surface area contributed by atoms with Gasteiger partial charge in [-0.05, 0) is 24.1 Å². The van der Waals surface area contributed by atoms with Crippen LogP contribution in [0.15, 0.2) is 24.3 Å². The van der Waals surface area contributed by atoms with Crippen LogP contribution in [0.3, 0.4) is 0 Å². The lowest BCUT2D eigenvalue weighted by Crippen LogP contribution is -3.11. The lowest BCUT2D eigenvalue weighted by Gasteiger charge is -2.26. The number of carbonyl (C=O) groups is 1.